The summed E-state index contributed by atoms with van der Waals surface area (Å²) >= 11 is 0. The number of rotatable bonds is 5. The molecule has 1 atom stereocenters. The molecule has 8 nitrogen and oxygen atoms in total. The number of sulfone groups is 1. The number of fused-ring (bicyclic) bond motifs is 1. The van der Waals surface area contributed by atoms with Crippen LogP contribution in [0.25, 0.3) is 0 Å². The van der Waals surface area contributed by atoms with Crippen LogP contribution in [0, 0.1) is 0 Å². The molecular formula is C19H21N3O5S. The standard InChI is InChI=1S/C19H21N3O5S/c23-19(20-9-12-1-4-17-18(7-12)27-11-26-17)15-8-16(13-2-3-13)22(21-15)14-5-6-28(24,25)10-14/h1,4,7-8,13-14H,2-3,5-6,9-11H2,(H,20,23)/t14-/m1/s1. The van der Waals surface area contributed by atoms with E-state index in [0.717, 1.165) is 24.1 Å². The summed E-state index contributed by atoms with van der Waals surface area (Å²) < 4.78 is 36.1. The van der Waals surface area contributed by atoms with Crippen LogP contribution in [0.15, 0.2) is 24.3 Å². The first-order chi connectivity index (χ1) is 13.5. The third kappa shape index (κ3) is 3.34. The van der Waals surface area contributed by atoms with Crippen LogP contribution in [0.1, 0.15) is 53.0 Å². The highest BCUT2D eigenvalue weighted by Gasteiger charge is 2.36. The summed E-state index contributed by atoms with van der Waals surface area (Å²) in [5.74, 6) is 1.79. The van der Waals surface area contributed by atoms with E-state index in [9.17, 15) is 13.2 Å². The van der Waals surface area contributed by atoms with E-state index >= 15 is 0 Å². The quantitative estimate of drug-likeness (QED) is 0.817. The number of aromatic nitrogens is 2. The fraction of sp³-hybridized carbons (Fsp3) is 0.474. The van der Waals surface area contributed by atoms with E-state index in [1.54, 1.807) is 4.68 Å². The lowest BCUT2D eigenvalue weighted by Gasteiger charge is -2.12. The van der Waals surface area contributed by atoms with Gasteiger partial charge in [-0.25, -0.2) is 8.42 Å². The molecule has 2 fully saturated rings. The van der Waals surface area contributed by atoms with Gasteiger partial charge in [-0.1, -0.05) is 6.07 Å². The molecular weight excluding hydrogens is 382 g/mol. The summed E-state index contributed by atoms with van der Waals surface area (Å²) in [4.78, 5) is 12.6. The summed E-state index contributed by atoms with van der Waals surface area (Å²) in [6.07, 6.45) is 2.68. The Bertz CT molecular complexity index is 1040. The predicted molar refractivity (Wildman–Crippen MR) is 100 cm³/mol. The molecule has 1 aromatic carbocycles. The van der Waals surface area contributed by atoms with E-state index in [2.05, 4.69) is 10.4 Å². The molecule has 2 aromatic rings. The zero-order valence-corrected chi connectivity index (χ0v) is 16.1. The normalized spacial score (nSPS) is 22.4. The van der Waals surface area contributed by atoms with Crippen molar-refractivity contribution in [3.8, 4) is 11.5 Å². The van der Waals surface area contributed by atoms with Crippen LogP contribution in [-0.4, -0.2) is 42.4 Å². The number of nitrogens with zero attached hydrogens (tertiary/aromatic N) is 2. The zero-order chi connectivity index (χ0) is 19.3. The minimum absolute atomic E-state index is 0.104. The molecule has 1 aliphatic carbocycles. The summed E-state index contributed by atoms with van der Waals surface area (Å²) in [6.45, 7) is 0.558. The van der Waals surface area contributed by atoms with Gasteiger partial charge in [0.15, 0.2) is 21.3 Å². The Labute approximate surface area is 162 Å². The molecule has 0 radical (unpaired) electrons. The number of carbonyl (C=O) groups is 1. The van der Waals surface area contributed by atoms with Crippen LogP contribution in [-0.2, 0) is 16.4 Å². The van der Waals surface area contributed by atoms with Crippen LogP contribution in [0.2, 0.25) is 0 Å². The third-order valence-electron chi connectivity index (χ3n) is 5.44. The van der Waals surface area contributed by atoms with E-state index in [-0.39, 0.29) is 30.2 Å². The highest BCUT2D eigenvalue weighted by atomic mass is 32.2. The second-order valence-corrected chi connectivity index (χ2v) is 9.83. The summed E-state index contributed by atoms with van der Waals surface area (Å²) in [7, 11) is -3.01. The molecule has 1 amide bonds. The Morgan fingerprint density at radius 1 is 1.18 bits per heavy atom. The van der Waals surface area contributed by atoms with Crippen molar-refractivity contribution in [2.45, 2.75) is 37.8 Å². The lowest BCUT2D eigenvalue weighted by Crippen LogP contribution is -2.24. The average molecular weight is 403 g/mol. The molecule has 0 spiro atoms. The molecule has 3 heterocycles. The van der Waals surface area contributed by atoms with E-state index in [4.69, 9.17) is 9.47 Å². The molecule has 9 heteroatoms. The molecule has 5 rings (SSSR count). The van der Waals surface area contributed by atoms with Crippen LogP contribution in [0.3, 0.4) is 0 Å². The number of nitrogens with one attached hydrogen (secondary N) is 1. The minimum Gasteiger partial charge on any atom is -0.454 e. The minimum atomic E-state index is -3.01. The van der Waals surface area contributed by atoms with Crippen molar-refractivity contribution in [3.05, 3.63) is 41.2 Å². The highest BCUT2D eigenvalue weighted by Crippen LogP contribution is 2.42. The molecule has 1 N–H and O–H groups in total. The van der Waals surface area contributed by atoms with Crippen molar-refractivity contribution < 1.29 is 22.7 Å². The molecule has 1 saturated carbocycles. The second kappa shape index (κ2) is 6.51. The second-order valence-electron chi connectivity index (χ2n) is 7.60. The van der Waals surface area contributed by atoms with Gasteiger partial charge in [0.25, 0.3) is 5.91 Å². The summed E-state index contributed by atoms with van der Waals surface area (Å²) in [5.41, 5.74) is 2.23. The maximum absolute atomic E-state index is 12.6. The van der Waals surface area contributed by atoms with Gasteiger partial charge in [0.2, 0.25) is 6.79 Å². The smallest absolute Gasteiger partial charge is 0.272 e. The summed E-state index contributed by atoms with van der Waals surface area (Å²) in [6, 6.07) is 7.20. The Kier molecular flexibility index (Phi) is 4.08. The van der Waals surface area contributed by atoms with E-state index in [1.165, 1.54) is 0 Å². The molecule has 0 bridgehead atoms. The van der Waals surface area contributed by atoms with Crippen molar-refractivity contribution in [1.29, 1.82) is 0 Å². The molecule has 28 heavy (non-hydrogen) atoms. The van der Waals surface area contributed by atoms with Gasteiger partial charge < -0.3 is 14.8 Å². The Morgan fingerprint density at radius 2 is 2.00 bits per heavy atom. The van der Waals surface area contributed by atoms with Crippen LogP contribution < -0.4 is 14.8 Å². The number of ether oxygens (including phenoxy) is 2. The predicted octanol–water partition coefficient (Wildman–Crippen LogP) is 1.78. The Hall–Kier alpha value is -2.55. The Balaban J connectivity index is 1.31. The number of benzene rings is 1. The SMILES string of the molecule is O=C(NCc1ccc2c(c1)OCO2)c1cc(C2CC2)n([C@@H]2CCS(=O)(=O)C2)n1. The number of hydrogen-bond acceptors (Lipinski definition) is 6. The number of hydrogen-bond donors (Lipinski definition) is 1. The average Bonchev–Trinajstić information content (AvgIpc) is 3.09. The molecule has 0 unspecified atom stereocenters. The van der Waals surface area contributed by atoms with Gasteiger partial charge in [-0.15, -0.1) is 0 Å². The first-order valence-corrected chi connectivity index (χ1v) is 11.3. The molecule has 3 aliphatic rings. The van der Waals surface area contributed by atoms with Gasteiger partial charge in [0.1, 0.15) is 5.69 Å². The largest absolute Gasteiger partial charge is 0.454 e. The van der Waals surface area contributed by atoms with Crippen molar-refractivity contribution in [2.75, 3.05) is 18.3 Å². The lowest BCUT2D eigenvalue weighted by molar-refractivity contribution is 0.0944. The molecule has 1 saturated heterocycles. The lowest BCUT2D eigenvalue weighted by atomic mass is 10.2. The van der Waals surface area contributed by atoms with Crippen molar-refractivity contribution >= 4 is 15.7 Å². The Morgan fingerprint density at radius 3 is 2.75 bits per heavy atom. The zero-order valence-electron chi connectivity index (χ0n) is 15.3. The molecule has 1 aromatic heterocycles. The van der Waals surface area contributed by atoms with Crippen LogP contribution in [0.5, 0.6) is 11.5 Å². The van der Waals surface area contributed by atoms with E-state index < -0.39 is 9.84 Å². The van der Waals surface area contributed by atoms with Gasteiger partial charge >= 0.3 is 0 Å². The monoisotopic (exact) mass is 403 g/mol. The maximum atomic E-state index is 12.6. The van der Waals surface area contributed by atoms with Gasteiger partial charge in [0.05, 0.1) is 17.5 Å². The van der Waals surface area contributed by atoms with Crippen molar-refractivity contribution in [3.63, 3.8) is 0 Å². The molecule has 148 valence electrons. The van der Waals surface area contributed by atoms with E-state index in [1.807, 2.05) is 24.3 Å². The fourth-order valence-electron chi connectivity index (χ4n) is 3.79. The maximum Gasteiger partial charge on any atom is 0.272 e. The number of carbonyl (C=O) groups excluding carboxylic acids is 1. The van der Waals surface area contributed by atoms with Crippen molar-refractivity contribution in [2.24, 2.45) is 0 Å². The molecule has 2 aliphatic heterocycles. The topological polar surface area (TPSA) is 99.5 Å². The van der Waals surface area contributed by atoms with Crippen LogP contribution >= 0.6 is 0 Å². The van der Waals surface area contributed by atoms with Crippen LogP contribution in [0.4, 0.5) is 0 Å². The highest BCUT2D eigenvalue weighted by molar-refractivity contribution is 7.91. The van der Waals surface area contributed by atoms with Gasteiger partial charge in [-0.05, 0) is 43.0 Å². The first-order valence-electron chi connectivity index (χ1n) is 9.45. The van der Waals surface area contributed by atoms with Gasteiger partial charge in [-0.3, -0.25) is 9.48 Å². The first kappa shape index (κ1) is 17.5. The third-order valence-corrected chi connectivity index (χ3v) is 7.19. The fourth-order valence-corrected chi connectivity index (χ4v) is 5.48. The van der Waals surface area contributed by atoms with Gasteiger partial charge in [-0.2, -0.15) is 5.10 Å². The van der Waals surface area contributed by atoms with E-state index in [0.29, 0.717) is 36.1 Å². The number of amides is 1. The summed E-state index contributed by atoms with van der Waals surface area (Å²) in [5, 5.41) is 7.37. The van der Waals surface area contributed by atoms with Gasteiger partial charge in [0, 0.05) is 18.2 Å². The van der Waals surface area contributed by atoms with Crippen molar-refractivity contribution in [1.82, 2.24) is 15.1 Å².